The van der Waals surface area contributed by atoms with E-state index in [1.165, 1.54) is 19.3 Å². The van der Waals surface area contributed by atoms with Crippen LogP contribution in [0.4, 0.5) is 11.5 Å². The van der Waals surface area contributed by atoms with Gasteiger partial charge in [-0.25, -0.2) is 9.78 Å². The van der Waals surface area contributed by atoms with Gasteiger partial charge in [0.25, 0.3) is 0 Å². The first-order valence-corrected chi connectivity index (χ1v) is 11.3. The lowest BCUT2D eigenvalue weighted by Crippen LogP contribution is -2.37. The average Bonchev–Trinajstić information content (AvgIpc) is 2.74. The van der Waals surface area contributed by atoms with E-state index >= 15 is 0 Å². The SMILES string of the molecule is COCC1CCN(c2cc(C(=O)O)nc(NC3CCCCC3)c2C(=N)C(C)C)CC1. The highest BCUT2D eigenvalue weighted by molar-refractivity contribution is 6.09. The summed E-state index contributed by atoms with van der Waals surface area (Å²) in [5.41, 5.74) is 2.15. The molecule has 0 radical (unpaired) electrons. The zero-order valence-corrected chi connectivity index (χ0v) is 18.5. The van der Waals surface area contributed by atoms with Gasteiger partial charge in [-0.15, -0.1) is 0 Å². The molecule has 166 valence electrons. The third-order valence-electron chi connectivity index (χ3n) is 6.37. The van der Waals surface area contributed by atoms with E-state index < -0.39 is 5.97 Å². The molecule has 2 heterocycles. The quantitative estimate of drug-likeness (QED) is 0.543. The normalized spacial score (nSPS) is 18.6. The number of hydrogen-bond acceptors (Lipinski definition) is 6. The van der Waals surface area contributed by atoms with Crippen LogP contribution in [0.1, 0.15) is 74.8 Å². The molecule has 0 amide bonds. The summed E-state index contributed by atoms with van der Waals surface area (Å²) in [6.45, 7) is 6.43. The van der Waals surface area contributed by atoms with Crippen molar-refractivity contribution in [2.45, 2.75) is 64.8 Å². The van der Waals surface area contributed by atoms with Crippen molar-refractivity contribution in [2.75, 3.05) is 37.0 Å². The summed E-state index contributed by atoms with van der Waals surface area (Å²) >= 11 is 0. The van der Waals surface area contributed by atoms with Gasteiger partial charge in [0.1, 0.15) is 5.82 Å². The summed E-state index contributed by atoms with van der Waals surface area (Å²) in [5.74, 6) is 0.0911. The molecule has 1 aliphatic heterocycles. The highest BCUT2D eigenvalue weighted by atomic mass is 16.5. The van der Waals surface area contributed by atoms with Gasteiger partial charge in [0, 0.05) is 38.6 Å². The van der Waals surface area contributed by atoms with Crippen LogP contribution in [0.15, 0.2) is 6.07 Å². The van der Waals surface area contributed by atoms with Crippen molar-refractivity contribution in [1.29, 1.82) is 5.41 Å². The number of piperidine rings is 1. The number of methoxy groups -OCH3 is 1. The van der Waals surface area contributed by atoms with Gasteiger partial charge < -0.3 is 25.5 Å². The predicted octanol–water partition coefficient (Wildman–Crippen LogP) is 4.41. The molecule has 2 aliphatic rings. The van der Waals surface area contributed by atoms with E-state index in [0.717, 1.165) is 56.6 Å². The summed E-state index contributed by atoms with van der Waals surface area (Å²) < 4.78 is 5.32. The largest absolute Gasteiger partial charge is 0.477 e. The second-order valence-electron chi connectivity index (χ2n) is 8.99. The monoisotopic (exact) mass is 416 g/mol. The van der Waals surface area contributed by atoms with Crippen LogP contribution >= 0.6 is 0 Å². The number of anilines is 2. The van der Waals surface area contributed by atoms with E-state index in [1.807, 2.05) is 13.8 Å². The van der Waals surface area contributed by atoms with E-state index in [1.54, 1.807) is 13.2 Å². The third-order valence-corrected chi connectivity index (χ3v) is 6.37. The Labute approximate surface area is 179 Å². The number of rotatable bonds is 8. The van der Waals surface area contributed by atoms with Gasteiger partial charge >= 0.3 is 5.97 Å². The highest BCUT2D eigenvalue weighted by Crippen LogP contribution is 2.34. The van der Waals surface area contributed by atoms with Crippen LogP contribution in [0.3, 0.4) is 0 Å². The molecular weight excluding hydrogens is 380 g/mol. The van der Waals surface area contributed by atoms with Gasteiger partial charge in [-0.2, -0.15) is 0 Å². The highest BCUT2D eigenvalue weighted by Gasteiger charge is 2.28. The topological polar surface area (TPSA) is 98.5 Å². The molecule has 3 N–H and O–H groups in total. The Hall–Kier alpha value is -2.15. The smallest absolute Gasteiger partial charge is 0.354 e. The maximum atomic E-state index is 11.9. The average molecular weight is 417 g/mol. The van der Waals surface area contributed by atoms with Gasteiger partial charge in [0.15, 0.2) is 5.69 Å². The lowest BCUT2D eigenvalue weighted by Gasteiger charge is -2.36. The minimum absolute atomic E-state index is 0.0270. The van der Waals surface area contributed by atoms with E-state index in [0.29, 0.717) is 17.4 Å². The van der Waals surface area contributed by atoms with Crippen LogP contribution in [-0.2, 0) is 4.74 Å². The number of carbonyl (C=O) groups is 1. The van der Waals surface area contributed by atoms with Gasteiger partial charge in [-0.3, -0.25) is 0 Å². The van der Waals surface area contributed by atoms with E-state index in [-0.39, 0.29) is 17.7 Å². The fourth-order valence-corrected chi connectivity index (χ4v) is 4.57. The maximum absolute atomic E-state index is 11.9. The molecule has 30 heavy (non-hydrogen) atoms. The Morgan fingerprint density at radius 3 is 2.50 bits per heavy atom. The molecule has 0 unspecified atom stereocenters. The van der Waals surface area contributed by atoms with Crippen LogP contribution in [0.2, 0.25) is 0 Å². The Morgan fingerprint density at radius 2 is 1.93 bits per heavy atom. The Bertz CT molecular complexity index is 751. The first-order valence-electron chi connectivity index (χ1n) is 11.3. The fourth-order valence-electron chi connectivity index (χ4n) is 4.57. The van der Waals surface area contributed by atoms with Crippen molar-refractivity contribution in [3.05, 3.63) is 17.3 Å². The van der Waals surface area contributed by atoms with Crippen molar-refractivity contribution in [3.8, 4) is 0 Å². The summed E-state index contributed by atoms with van der Waals surface area (Å²) in [5, 5.41) is 22.0. The lowest BCUT2D eigenvalue weighted by atomic mass is 9.92. The molecule has 7 heteroatoms. The molecule has 0 spiro atoms. The molecule has 1 saturated carbocycles. The lowest BCUT2D eigenvalue weighted by molar-refractivity contribution is 0.0690. The summed E-state index contributed by atoms with van der Waals surface area (Å²) in [4.78, 5) is 18.6. The maximum Gasteiger partial charge on any atom is 0.354 e. The molecule has 1 saturated heterocycles. The van der Waals surface area contributed by atoms with Crippen LogP contribution in [0.5, 0.6) is 0 Å². The van der Waals surface area contributed by atoms with E-state index in [9.17, 15) is 9.90 Å². The van der Waals surface area contributed by atoms with Gasteiger partial charge in [-0.05, 0) is 43.6 Å². The van der Waals surface area contributed by atoms with E-state index in [4.69, 9.17) is 10.1 Å². The summed E-state index contributed by atoms with van der Waals surface area (Å²) in [7, 11) is 1.74. The standard InChI is InChI=1S/C23H36N4O3/c1-15(2)21(24)20-19(27-11-9-16(10-12-27)14-30-3)13-18(23(28)29)26-22(20)25-17-7-5-4-6-8-17/h13,15-17,24H,4-12,14H2,1-3H3,(H,25,26)(H,28,29). The number of aromatic carboxylic acids is 1. The number of pyridine rings is 1. The zero-order chi connectivity index (χ0) is 21.7. The molecule has 0 aromatic carbocycles. The molecule has 0 bridgehead atoms. The number of aromatic nitrogens is 1. The number of carboxylic acid groups (broad SMARTS) is 1. The molecule has 2 fully saturated rings. The number of nitrogens with zero attached hydrogens (tertiary/aromatic N) is 2. The van der Waals surface area contributed by atoms with Crippen molar-refractivity contribution in [2.24, 2.45) is 11.8 Å². The van der Waals surface area contributed by atoms with Crippen molar-refractivity contribution >= 4 is 23.2 Å². The summed E-state index contributed by atoms with van der Waals surface area (Å²) in [6, 6.07) is 1.95. The van der Waals surface area contributed by atoms with Gasteiger partial charge in [0.2, 0.25) is 0 Å². The van der Waals surface area contributed by atoms with Crippen LogP contribution < -0.4 is 10.2 Å². The number of carboxylic acids is 1. The van der Waals surface area contributed by atoms with Crippen LogP contribution in [0, 0.1) is 17.2 Å². The minimum atomic E-state index is -1.03. The van der Waals surface area contributed by atoms with Crippen molar-refractivity contribution in [3.63, 3.8) is 0 Å². The van der Waals surface area contributed by atoms with Gasteiger partial charge in [-0.1, -0.05) is 33.1 Å². The molecule has 1 aromatic heterocycles. The number of ether oxygens (including phenoxy) is 1. The van der Waals surface area contributed by atoms with E-state index in [2.05, 4.69) is 15.2 Å². The second kappa shape index (κ2) is 10.2. The Balaban J connectivity index is 1.99. The molecule has 1 aromatic rings. The van der Waals surface area contributed by atoms with Crippen molar-refractivity contribution < 1.29 is 14.6 Å². The molecule has 1 aliphatic carbocycles. The zero-order valence-electron chi connectivity index (χ0n) is 18.5. The molecule has 0 atom stereocenters. The van der Waals surface area contributed by atoms with Crippen LogP contribution in [-0.4, -0.2) is 54.6 Å². The van der Waals surface area contributed by atoms with Crippen LogP contribution in [0.25, 0.3) is 0 Å². The minimum Gasteiger partial charge on any atom is -0.477 e. The molecule has 7 nitrogen and oxygen atoms in total. The van der Waals surface area contributed by atoms with Crippen molar-refractivity contribution in [1.82, 2.24) is 4.98 Å². The first kappa shape index (κ1) is 22.5. The predicted molar refractivity (Wildman–Crippen MR) is 120 cm³/mol. The van der Waals surface area contributed by atoms with Gasteiger partial charge in [0.05, 0.1) is 11.3 Å². The Morgan fingerprint density at radius 1 is 1.27 bits per heavy atom. The summed E-state index contributed by atoms with van der Waals surface area (Å²) in [6.07, 6.45) is 7.71. The third kappa shape index (κ3) is 5.31. The fraction of sp³-hybridized carbons (Fsp3) is 0.696. The first-order chi connectivity index (χ1) is 14.4. The molecular formula is C23H36N4O3. The second-order valence-corrected chi connectivity index (χ2v) is 8.99. The molecule has 3 rings (SSSR count). The Kier molecular flexibility index (Phi) is 7.69. The number of nitrogens with one attached hydrogen (secondary N) is 2. The number of hydrogen-bond donors (Lipinski definition) is 3.